The Morgan fingerprint density at radius 1 is 1.31 bits per heavy atom. The van der Waals surface area contributed by atoms with Crippen molar-refractivity contribution in [3.8, 4) is 0 Å². The zero-order chi connectivity index (χ0) is 11.4. The predicted molar refractivity (Wildman–Crippen MR) is 66.0 cm³/mol. The van der Waals surface area contributed by atoms with Crippen LogP contribution in [0.5, 0.6) is 0 Å². The number of anilines is 1. The number of hydrogen-bond donors (Lipinski definition) is 2. The summed E-state index contributed by atoms with van der Waals surface area (Å²) in [6.45, 7) is 3.72. The summed E-state index contributed by atoms with van der Waals surface area (Å²) < 4.78 is 0. The van der Waals surface area contributed by atoms with E-state index in [1.165, 1.54) is 0 Å². The molecule has 0 saturated carbocycles. The third-order valence-corrected chi connectivity index (χ3v) is 3.01. The van der Waals surface area contributed by atoms with Gasteiger partial charge in [0.05, 0.1) is 0 Å². The fourth-order valence-electron chi connectivity index (χ4n) is 2.10. The normalized spacial score (nSPS) is 17.1. The molecule has 2 rings (SSSR count). The maximum absolute atomic E-state index is 11.5. The number of carbonyl (C=O) groups excluding carboxylic acids is 1. The molecule has 1 aromatic rings. The molecule has 2 N–H and O–H groups in total. The lowest BCUT2D eigenvalue weighted by molar-refractivity contribution is 0.101. The van der Waals surface area contributed by atoms with Gasteiger partial charge in [0.15, 0.2) is 5.78 Å². The Balaban J connectivity index is 2.10. The molecule has 0 radical (unpaired) electrons. The van der Waals surface area contributed by atoms with Crippen LogP contribution in [-0.2, 0) is 0 Å². The summed E-state index contributed by atoms with van der Waals surface area (Å²) in [7, 11) is 0. The summed E-state index contributed by atoms with van der Waals surface area (Å²) in [4.78, 5) is 11.5. The van der Waals surface area contributed by atoms with Crippen LogP contribution in [0.1, 0.15) is 30.1 Å². The number of rotatable bonds is 3. The predicted octanol–water partition coefficient (Wildman–Crippen LogP) is 2.05. The molecular formula is C13H18N2O. The van der Waals surface area contributed by atoms with E-state index in [-0.39, 0.29) is 5.78 Å². The number of Topliss-reactive ketones (excluding diaryl/α,β-unsaturated/α-hetero) is 1. The van der Waals surface area contributed by atoms with E-state index >= 15 is 0 Å². The van der Waals surface area contributed by atoms with Crippen LogP contribution in [0, 0.1) is 0 Å². The first-order valence-corrected chi connectivity index (χ1v) is 5.84. The third kappa shape index (κ3) is 2.61. The van der Waals surface area contributed by atoms with Crippen molar-refractivity contribution in [1.29, 1.82) is 0 Å². The van der Waals surface area contributed by atoms with Crippen molar-refractivity contribution in [2.75, 3.05) is 18.4 Å². The molecule has 3 nitrogen and oxygen atoms in total. The molecule has 0 unspecified atom stereocenters. The number of carbonyl (C=O) groups is 1. The monoisotopic (exact) mass is 218 g/mol. The standard InChI is InChI=1S/C13H18N2O/c1-10(16)12-4-2-3-5-13(12)15-11-6-8-14-9-7-11/h2-5,11,14-15H,6-9H2,1H3. The van der Waals surface area contributed by atoms with Gasteiger partial charge in [-0.05, 0) is 45.0 Å². The zero-order valence-corrected chi connectivity index (χ0v) is 9.62. The minimum absolute atomic E-state index is 0.122. The molecule has 1 saturated heterocycles. The van der Waals surface area contributed by atoms with Crippen LogP contribution in [0.15, 0.2) is 24.3 Å². The molecule has 1 fully saturated rings. The van der Waals surface area contributed by atoms with Gasteiger partial charge in [-0.2, -0.15) is 0 Å². The minimum Gasteiger partial charge on any atom is -0.382 e. The van der Waals surface area contributed by atoms with Gasteiger partial charge in [-0.1, -0.05) is 12.1 Å². The highest BCUT2D eigenvalue weighted by Gasteiger charge is 2.14. The first-order valence-electron chi connectivity index (χ1n) is 5.84. The van der Waals surface area contributed by atoms with Gasteiger partial charge < -0.3 is 10.6 Å². The van der Waals surface area contributed by atoms with Crippen LogP contribution in [0.2, 0.25) is 0 Å². The number of benzene rings is 1. The largest absolute Gasteiger partial charge is 0.382 e. The van der Waals surface area contributed by atoms with Crippen LogP contribution in [0.25, 0.3) is 0 Å². The van der Waals surface area contributed by atoms with Gasteiger partial charge in [0, 0.05) is 17.3 Å². The average molecular weight is 218 g/mol. The highest BCUT2D eigenvalue weighted by atomic mass is 16.1. The smallest absolute Gasteiger partial charge is 0.161 e. The Morgan fingerprint density at radius 3 is 2.69 bits per heavy atom. The zero-order valence-electron chi connectivity index (χ0n) is 9.62. The van der Waals surface area contributed by atoms with Crippen LogP contribution >= 0.6 is 0 Å². The molecule has 86 valence electrons. The van der Waals surface area contributed by atoms with Crippen LogP contribution in [0.4, 0.5) is 5.69 Å². The molecule has 0 amide bonds. The van der Waals surface area contributed by atoms with Crippen molar-refractivity contribution < 1.29 is 4.79 Å². The Bertz CT molecular complexity index is 370. The summed E-state index contributed by atoms with van der Waals surface area (Å²) in [5.74, 6) is 0.122. The summed E-state index contributed by atoms with van der Waals surface area (Å²) in [5.41, 5.74) is 1.77. The first-order chi connectivity index (χ1) is 7.77. The van der Waals surface area contributed by atoms with Crippen molar-refractivity contribution in [2.45, 2.75) is 25.8 Å². The van der Waals surface area contributed by atoms with E-state index in [1.807, 2.05) is 24.3 Å². The number of hydrogen-bond acceptors (Lipinski definition) is 3. The van der Waals surface area contributed by atoms with Gasteiger partial charge in [-0.25, -0.2) is 0 Å². The van der Waals surface area contributed by atoms with Crippen molar-refractivity contribution in [2.24, 2.45) is 0 Å². The molecule has 0 aromatic heterocycles. The lowest BCUT2D eigenvalue weighted by atomic mass is 10.0. The lowest BCUT2D eigenvalue weighted by Crippen LogP contribution is -2.35. The van der Waals surface area contributed by atoms with Crippen molar-refractivity contribution in [1.82, 2.24) is 5.32 Å². The van der Waals surface area contributed by atoms with Crippen LogP contribution < -0.4 is 10.6 Å². The molecule has 16 heavy (non-hydrogen) atoms. The van der Waals surface area contributed by atoms with E-state index in [2.05, 4.69) is 10.6 Å². The fourth-order valence-corrected chi connectivity index (χ4v) is 2.10. The highest BCUT2D eigenvalue weighted by Crippen LogP contribution is 2.19. The van der Waals surface area contributed by atoms with Gasteiger partial charge >= 0.3 is 0 Å². The molecule has 0 bridgehead atoms. The summed E-state index contributed by atoms with van der Waals surface area (Å²) in [5, 5.41) is 6.80. The van der Waals surface area contributed by atoms with Crippen LogP contribution in [0.3, 0.4) is 0 Å². The quantitative estimate of drug-likeness (QED) is 0.763. The van der Waals surface area contributed by atoms with E-state index < -0.39 is 0 Å². The summed E-state index contributed by atoms with van der Waals surface area (Å²) in [6, 6.07) is 8.23. The topological polar surface area (TPSA) is 41.1 Å². The van der Waals surface area contributed by atoms with Gasteiger partial charge in [-0.15, -0.1) is 0 Å². The van der Waals surface area contributed by atoms with E-state index in [0.29, 0.717) is 6.04 Å². The Labute approximate surface area is 96.2 Å². The average Bonchev–Trinajstić information content (AvgIpc) is 2.31. The highest BCUT2D eigenvalue weighted by molar-refractivity contribution is 5.99. The summed E-state index contributed by atoms with van der Waals surface area (Å²) >= 11 is 0. The van der Waals surface area contributed by atoms with Crippen LogP contribution in [-0.4, -0.2) is 24.9 Å². The molecule has 1 aromatic carbocycles. The van der Waals surface area contributed by atoms with Crippen molar-refractivity contribution in [3.63, 3.8) is 0 Å². The molecule has 1 aliphatic heterocycles. The number of para-hydroxylation sites is 1. The van der Waals surface area contributed by atoms with E-state index in [4.69, 9.17) is 0 Å². The molecule has 0 aliphatic carbocycles. The number of ketones is 1. The van der Waals surface area contributed by atoms with Crippen molar-refractivity contribution in [3.05, 3.63) is 29.8 Å². The van der Waals surface area contributed by atoms with Gasteiger partial charge in [0.2, 0.25) is 0 Å². The maximum Gasteiger partial charge on any atom is 0.161 e. The second-order valence-electron chi connectivity index (χ2n) is 4.27. The Morgan fingerprint density at radius 2 is 2.00 bits per heavy atom. The molecule has 0 spiro atoms. The fraction of sp³-hybridized carbons (Fsp3) is 0.462. The molecular weight excluding hydrogens is 200 g/mol. The SMILES string of the molecule is CC(=O)c1ccccc1NC1CCNCC1. The molecule has 3 heteroatoms. The maximum atomic E-state index is 11.5. The third-order valence-electron chi connectivity index (χ3n) is 3.01. The second kappa shape index (κ2) is 5.12. The molecule has 1 heterocycles. The lowest BCUT2D eigenvalue weighted by Gasteiger charge is -2.25. The number of piperidine rings is 1. The molecule has 0 atom stereocenters. The Kier molecular flexibility index (Phi) is 3.57. The number of nitrogens with one attached hydrogen (secondary N) is 2. The van der Waals surface area contributed by atoms with Crippen molar-refractivity contribution >= 4 is 11.5 Å². The van der Waals surface area contributed by atoms with E-state index in [9.17, 15) is 4.79 Å². The second-order valence-corrected chi connectivity index (χ2v) is 4.27. The molecule has 1 aliphatic rings. The minimum atomic E-state index is 0.122. The van der Waals surface area contributed by atoms with Gasteiger partial charge in [0.25, 0.3) is 0 Å². The summed E-state index contributed by atoms with van der Waals surface area (Å²) in [6.07, 6.45) is 2.23. The van der Waals surface area contributed by atoms with Gasteiger partial charge in [-0.3, -0.25) is 4.79 Å². The van der Waals surface area contributed by atoms with Gasteiger partial charge in [0.1, 0.15) is 0 Å². The van der Waals surface area contributed by atoms with E-state index in [0.717, 1.165) is 37.2 Å². The Hall–Kier alpha value is -1.35. The first kappa shape index (κ1) is 11.1. The van der Waals surface area contributed by atoms with E-state index in [1.54, 1.807) is 6.92 Å².